The molecule has 3 aromatic rings. The quantitative estimate of drug-likeness (QED) is 0.239. The van der Waals surface area contributed by atoms with E-state index in [-0.39, 0.29) is 0 Å². The Hall–Kier alpha value is -1.13. The number of benzene rings is 2. The average Bonchev–Trinajstić information content (AvgIpc) is 2.95. The molecule has 0 aliphatic rings. The molecule has 0 unspecified atom stereocenters. The molecule has 0 spiro atoms. The highest BCUT2D eigenvalue weighted by Crippen LogP contribution is 2.33. The molecule has 0 bridgehead atoms. The topological polar surface area (TPSA) is 22.0 Å². The fourth-order valence-electron chi connectivity index (χ4n) is 3.99. The number of carbonyl (C=O) groups is 1. The van der Waals surface area contributed by atoms with Gasteiger partial charge in [0.1, 0.15) is 5.78 Å². The number of aryl methyl sites for hydroxylation is 1. The summed E-state index contributed by atoms with van der Waals surface area (Å²) in [6, 6.07) is 13.2. The molecular formula is C24H29Br2NO. The van der Waals surface area contributed by atoms with Gasteiger partial charge in [-0.1, -0.05) is 70.4 Å². The fraction of sp³-hybridized carbons (Fsp3) is 0.458. The summed E-state index contributed by atoms with van der Waals surface area (Å²) in [5, 5.41) is 2.63. The minimum Gasteiger partial charge on any atom is -0.340 e. The number of ketones is 1. The minimum absolute atomic E-state index is 0.324. The van der Waals surface area contributed by atoms with Gasteiger partial charge in [-0.05, 0) is 56.2 Å². The molecule has 0 N–H and O–H groups in total. The second kappa shape index (κ2) is 10.6. The Labute approximate surface area is 184 Å². The van der Waals surface area contributed by atoms with Crippen LogP contribution in [0.2, 0.25) is 0 Å². The van der Waals surface area contributed by atoms with Crippen LogP contribution < -0.4 is 0 Å². The summed E-state index contributed by atoms with van der Waals surface area (Å²) in [5.41, 5.74) is 2.64. The zero-order valence-corrected chi connectivity index (χ0v) is 19.8. The monoisotopic (exact) mass is 505 g/mol. The standard InChI is InChI=1S/C24H29Br2NO/c1-18(28)10-8-6-4-2-3-5-7-9-15-27-23-13-11-19(25)16-21(23)22-17-20(26)12-14-24(22)27/h11-14,16-17H,2-10,15H2,1H3. The second-order valence-electron chi connectivity index (χ2n) is 7.76. The molecule has 0 aliphatic carbocycles. The van der Waals surface area contributed by atoms with Crippen molar-refractivity contribution in [2.45, 2.75) is 71.3 Å². The molecule has 0 amide bonds. The van der Waals surface area contributed by atoms with Crippen molar-refractivity contribution in [3.8, 4) is 0 Å². The Balaban J connectivity index is 1.51. The van der Waals surface area contributed by atoms with Crippen molar-refractivity contribution in [3.63, 3.8) is 0 Å². The lowest BCUT2D eigenvalue weighted by atomic mass is 10.1. The zero-order valence-electron chi connectivity index (χ0n) is 16.6. The zero-order chi connectivity index (χ0) is 19.9. The molecule has 0 saturated heterocycles. The van der Waals surface area contributed by atoms with Gasteiger partial charge in [0.05, 0.1) is 0 Å². The molecule has 0 radical (unpaired) electrons. The normalized spacial score (nSPS) is 11.5. The van der Waals surface area contributed by atoms with Crippen LogP contribution in [0.25, 0.3) is 21.8 Å². The fourth-order valence-corrected chi connectivity index (χ4v) is 4.72. The maximum Gasteiger partial charge on any atom is 0.129 e. The van der Waals surface area contributed by atoms with Crippen LogP contribution in [0.15, 0.2) is 45.3 Å². The first-order valence-electron chi connectivity index (χ1n) is 10.4. The van der Waals surface area contributed by atoms with Crippen molar-refractivity contribution in [3.05, 3.63) is 45.3 Å². The van der Waals surface area contributed by atoms with Crippen LogP contribution in [0.5, 0.6) is 0 Å². The summed E-state index contributed by atoms with van der Waals surface area (Å²) >= 11 is 7.24. The van der Waals surface area contributed by atoms with Gasteiger partial charge in [-0.25, -0.2) is 0 Å². The smallest absolute Gasteiger partial charge is 0.129 e. The number of hydrogen-bond acceptors (Lipinski definition) is 1. The molecule has 0 saturated carbocycles. The van der Waals surface area contributed by atoms with E-state index >= 15 is 0 Å². The lowest BCUT2D eigenvalue weighted by Crippen LogP contribution is -1.97. The summed E-state index contributed by atoms with van der Waals surface area (Å²) in [6.07, 6.45) is 10.7. The van der Waals surface area contributed by atoms with E-state index in [0.717, 1.165) is 28.3 Å². The van der Waals surface area contributed by atoms with Crippen molar-refractivity contribution in [2.75, 3.05) is 0 Å². The van der Waals surface area contributed by atoms with Crippen LogP contribution in [0, 0.1) is 0 Å². The van der Waals surface area contributed by atoms with E-state index in [0.29, 0.717) is 5.78 Å². The van der Waals surface area contributed by atoms with Gasteiger partial charge in [0.2, 0.25) is 0 Å². The number of halogens is 2. The van der Waals surface area contributed by atoms with Gasteiger partial charge in [-0.15, -0.1) is 0 Å². The first-order valence-corrected chi connectivity index (χ1v) is 12.0. The van der Waals surface area contributed by atoms with Gasteiger partial charge < -0.3 is 9.36 Å². The van der Waals surface area contributed by atoms with Gasteiger partial charge in [0.15, 0.2) is 0 Å². The molecule has 2 nitrogen and oxygen atoms in total. The third-order valence-corrected chi connectivity index (χ3v) is 6.44. The summed E-state index contributed by atoms with van der Waals surface area (Å²) in [6.45, 7) is 2.76. The Morgan fingerprint density at radius 3 is 1.71 bits per heavy atom. The van der Waals surface area contributed by atoms with Gasteiger partial charge in [0, 0.05) is 43.7 Å². The molecular weight excluding hydrogens is 478 g/mol. The van der Waals surface area contributed by atoms with Crippen molar-refractivity contribution < 1.29 is 4.79 Å². The molecule has 28 heavy (non-hydrogen) atoms. The van der Waals surface area contributed by atoms with E-state index in [1.54, 1.807) is 6.92 Å². The van der Waals surface area contributed by atoms with Gasteiger partial charge in [-0.2, -0.15) is 0 Å². The van der Waals surface area contributed by atoms with E-state index < -0.39 is 0 Å². The molecule has 2 aromatic carbocycles. The maximum atomic E-state index is 10.9. The van der Waals surface area contributed by atoms with Gasteiger partial charge in [-0.3, -0.25) is 0 Å². The number of Topliss-reactive ketones (excluding diaryl/α,β-unsaturated/α-hetero) is 1. The molecule has 0 fully saturated rings. The third-order valence-electron chi connectivity index (χ3n) is 5.45. The highest BCUT2D eigenvalue weighted by molar-refractivity contribution is 9.10. The maximum absolute atomic E-state index is 10.9. The van der Waals surface area contributed by atoms with Crippen LogP contribution in [0.1, 0.15) is 64.7 Å². The van der Waals surface area contributed by atoms with Crippen LogP contribution in [0.4, 0.5) is 0 Å². The Kier molecular flexibility index (Phi) is 8.16. The molecule has 0 atom stereocenters. The Morgan fingerprint density at radius 1 is 0.750 bits per heavy atom. The van der Waals surface area contributed by atoms with Crippen LogP contribution in [-0.4, -0.2) is 10.4 Å². The van der Waals surface area contributed by atoms with Crippen molar-refractivity contribution in [1.82, 2.24) is 4.57 Å². The highest BCUT2D eigenvalue weighted by Gasteiger charge is 2.11. The predicted molar refractivity (Wildman–Crippen MR) is 127 cm³/mol. The average molecular weight is 507 g/mol. The number of nitrogens with zero attached hydrogens (tertiary/aromatic N) is 1. The third kappa shape index (κ3) is 5.70. The van der Waals surface area contributed by atoms with Crippen LogP contribution >= 0.6 is 31.9 Å². The number of rotatable bonds is 11. The van der Waals surface area contributed by atoms with E-state index in [9.17, 15) is 4.79 Å². The van der Waals surface area contributed by atoms with Gasteiger partial charge >= 0.3 is 0 Å². The van der Waals surface area contributed by atoms with Crippen LogP contribution in [-0.2, 0) is 11.3 Å². The summed E-state index contributed by atoms with van der Waals surface area (Å²) in [4.78, 5) is 10.9. The number of carbonyl (C=O) groups excluding carboxylic acids is 1. The summed E-state index contributed by atoms with van der Waals surface area (Å²) in [5.74, 6) is 0.324. The molecule has 1 aromatic heterocycles. The van der Waals surface area contributed by atoms with E-state index in [1.165, 1.54) is 66.8 Å². The summed E-state index contributed by atoms with van der Waals surface area (Å²) in [7, 11) is 0. The molecule has 1 heterocycles. The summed E-state index contributed by atoms with van der Waals surface area (Å²) < 4.78 is 4.73. The second-order valence-corrected chi connectivity index (χ2v) is 9.59. The molecule has 4 heteroatoms. The molecule has 3 rings (SSSR count). The van der Waals surface area contributed by atoms with E-state index in [4.69, 9.17) is 0 Å². The van der Waals surface area contributed by atoms with Crippen molar-refractivity contribution in [2.24, 2.45) is 0 Å². The first-order chi connectivity index (χ1) is 13.6. The van der Waals surface area contributed by atoms with Crippen LogP contribution in [0.3, 0.4) is 0 Å². The van der Waals surface area contributed by atoms with Gasteiger partial charge in [0.25, 0.3) is 0 Å². The first kappa shape index (κ1) is 21.6. The molecule has 150 valence electrons. The molecule has 0 aliphatic heterocycles. The van der Waals surface area contributed by atoms with Crippen molar-refractivity contribution in [1.29, 1.82) is 0 Å². The highest BCUT2D eigenvalue weighted by atomic mass is 79.9. The minimum atomic E-state index is 0.324. The Bertz CT molecular complexity index is 885. The Morgan fingerprint density at radius 2 is 1.21 bits per heavy atom. The number of unbranched alkanes of at least 4 members (excludes halogenated alkanes) is 7. The lowest BCUT2D eigenvalue weighted by Gasteiger charge is -2.08. The van der Waals surface area contributed by atoms with E-state index in [1.807, 2.05) is 0 Å². The van der Waals surface area contributed by atoms with E-state index in [2.05, 4.69) is 72.8 Å². The number of hydrogen-bond donors (Lipinski definition) is 0. The largest absolute Gasteiger partial charge is 0.340 e. The number of fused-ring (bicyclic) bond motifs is 3. The number of aromatic nitrogens is 1. The SMILES string of the molecule is CC(=O)CCCCCCCCCCn1c2ccc(Br)cc2c2cc(Br)ccc21. The van der Waals surface area contributed by atoms with Crippen molar-refractivity contribution >= 4 is 59.4 Å². The predicted octanol–water partition coefficient (Wildman–Crippen LogP) is 8.42. The lowest BCUT2D eigenvalue weighted by molar-refractivity contribution is -0.117.